The van der Waals surface area contributed by atoms with Gasteiger partial charge in [-0.05, 0) is 56.4 Å². The number of aromatic amines is 1. The Morgan fingerprint density at radius 1 is 1.31 bits per heavy atom. The van der Waals surface area contributed by atoms with E-state index in [9.17, 15) is 4.79 Å². The molecule has 0 radical (unpaired) electrons. The van der Waals surface area contributed by atoms with Gasteiger partial charge in [-0.25, -0.2) is 0 Å². The van der Waals surface area contributed by atoms with Crippen LogP contribution in [0.4, 0.5) is 0 Å². The lowest BCUT2D eigenvalue weighted by Gasteiger charge is -2.22. The number of rotatable bonds is 4. The van der Waals surface area contributed by atoms with Gasteiger partial charge in [0.2, 0.25) is 0 Å². The Kier molecular flexibility index (Phi) is 4.65. The fourth-order valence-electron chi connectivity index (χ4n) is 4.35. The number of nitrogens with zero attached hydrogens (tertiary/aromatic N) is 2. The lowest BCUT2D eigenvalue weighted by Crippen LogP contribution is -2.33. The van der Waals surface area contributed by atoms with Crippen LogP contribution in [0.1, 0.15) is 41.5 Å². The fourth-order valence-corrected chi connectivity index (χ4v) is 4.48. The van der Waals surface area contributed by atoms with E-state index in [0.29, 0.717) is 22.6 Å². The third-order valence-electron chi connectivity index (χ3n) is 5.85. The minimum absolute atomic E-state index is 0.0399. The van der Waals surface area contributed by atoms with Gasteiger partial charge in [-0.1, -0.05) is 18.5 Å². The number of benzene rings is 1. The summed E-state index contributed by atoms with van der Waals surface area (Å²) in [5.74, 6) is 1.79. The zero-order valence-electron chi connectivity index (χ0n) is 15.2. The zero-order valence-corrected chi connectivity index (χ0v) is 15.9. The molecule has 0 unspecified atom stereocenters. The highest BCUT2D eigenvalue weighted by molar-refractivity contribution is 6.30. The smallest absolute Gasteiger partial charge is 0.274 e. The highest BCUT2D eigenvalue weighted by Gasteiger charge is 2.45. The Hall–Kier alpha value is -2.01. The third kappa shape index (κ3) is 3.09. The molecular formula is C20H24ClN3O2. The molecule has 1 aromatic heterocycles. The standard InChI is InChI=1S/C20H24ClN3O2/c1-3-17-12(2)19(23-22-17)20(25)24-10-13-4-9-18(16(13)11-24)26-15-7-5-14(21)6-8-15/h5-8,13,16,18H,3-4,9-11H2,1-2H3,(H,22,23)/t13-,16+,18-/m0/s1. The van der Waals surface area contributed by atoms with Crippen molar-refractivity contribution >= 4 is 17.5 Å². The molecule has 3 atom stereocenters. The van der Waals surface area contributed by atoms with E-state index in [2.05, 4.69) is 17.1 Å². The lowest BCUT2D eigenvalue weighted by atomic mass is 9.99. The van der Waals surface area contributed by atoms with Gasteiger partial charge in [0, 0.05) is 35.3 Å². The van der Waals surface area contributed by atoms with Crippen molar-refractivity contribution in [2.45, 2.75) is 39.2 Å². The monoisotopic (exact) mass is 373 g/mol. The molecule has 6 heteroatoms. The molecule has 138 valence electrons. The number of aryl methyl sites for hydroxylation is 1. The molecule has 0 bridgehead atoms. The Morgan fingerprint density at radius 3 is 2.77 bits per heavy atom. The molecule has 2 aromatic rings. The van der Waals surface area contributed by atoms with Gasteiger partial charge in [-0.2, -0.15) is 5.10 Å². The number of H-pyrrole nitrogens is 1. The molecule has 1 aromatic carbocycles. The second-order valence-electron chi connectivity index (χ2n) is 7.35. The number of hydrogen-bond acceptors (Lipinski definition) is 3. The average molecular weight is 374 g/mol. The Balaban J connectivity index is 1.44. The van der Waals surface area contributed by atoms with Gasteiger partial charge < -0.3 is 9.64 Å². The van der Waals surface area contributed by atoms with Crippen LogP contribution >= 0.6 is 11.6 Å². The van der Waals surface area contributed by atoms with Crippen LogP contribution in [0, 0.1) is 18.8 Å². The number of hydrogen-bond donors (Lipinski definition) is 1. The first-order valence-electron chi connectivity index (χ1n) is 9.32. The van der Waals surface area contributed by atoms with Gasteiger partial charge in [0.05, 0.1) is 0 Å². The molecule has 1 aliphatic carbocycles. The summed E-state index contributed by atoms with van der Waals surface area (Å²) in [5.41, 5.74) is 2.58. The number of halogens is 1. The Labute approximate surface area is 158 Å². The summed E-state index contributed by atoms with van der Waals surface area (Å²) < 4.78 is 6.20. The molecular weight excluding hydrogens is 350 g/mol. The van der Waals surface area contributed by atoms with E-state index in [4.69, 9.17) is 16.3 Å². The quantitative estimate of drug-likeness (QED) is 0.885. The van der Waals surface area contributed by atoms with Gasteiger partial charge in [0.25, 0.3) is 5.91 Å². The first-order valence-corrected chi connectivity index (χ1v) is 9.70. The molecule has 2 aliphatic rings. The largest absolute Gasteiger partial charge is 0.490 e. The molecule has 1 saturated heterocycles. The number of carbonyl (C=O) groups is 1. The van der Waals surface area contributed by atoms with Crippen LogP contribution in [0.3, 0.4) is 0 Å². The fraction of sp³-hybridized carbons (Fsp3) is 0.500. The van der Waals surface area contributed by atoms with Crippen molar-refractivity contribution in [2.75, 3.05) is 13.1 Å². The van der Waals surface area contributed by atoms with E-state index in [1.807, 2.05) is 36.1 Å². The van der Waals surface area contributed by atoms with Crippen molar-refractivity contribution < 1.29 is 9.53 Å². The minimum Gasteiger partial charge on any atom is -0.490 e. The predicted molar refractivity (Wildman–Crippen MR) is 101 cm³/mol. The highest BCUT2D eigenvalue weighted by atomic mass is 35.5. The number of amides is 1. The first-order chi connectivity index (χ1) is 12.6. The van der Waals surface area contributed by atoms with E-state index in [-0.39, 0.29) is 12.0 Å². The maximum Gasteiger partial charge on any atom is 0.274 e. The van der Waals surface area contributed by atoms with Crippen LogP contribution in [-0.4, -0.2) is 40.2 Å². The lowest BCUT2D eigenvalue weighted by molar-refractivity contribution is 0.0756. The van der Waals surface area contributed by atoms with Crippen LogP contribution < -0.4 is 4.74 Å². The summed E-state index contributed by atoms with van der Waals surface area (Å²) in [6, 6.07) is 7.51. The minimum atomic E-state index is 0.0399. The van der Waals surface area contributed by atoms with E-state index >= 15 is 0 Å². The number of carbonyl (C=O) groups excluding carboxylic acids is 1. The maximum absolute atomic E-state index is 12.9. The van der Waals surface area contributed by atoms with Gasteiger partial charge >= 0.3 is 0 Å². The van der Waals surface area contributed by atoms with Crippen molar-refractivity contribution in [3.63, 3.8) is 0 Å². The van der Waals surface area contributed by atoms with Crippen LogP contribution in [0.15, 0.2) is 24.3 Å². The van der Waals surface area contributed by atoms with E-state index in [1.165, 1.54) is 0 Å². The van der Waals surface area contributed by atoms with Crippen molar-refractivity contribution in [1.29, 1.82) is 0 Å². The van der Waals surface area contributed by atoms with E-state index < -0.39 is 0 Å². The first kappa shape index (κ1) is 17.4. The SMILES string of the molecule is CCc1[nH]nc(C(=O)N2C[C@@H]3CC[C@H](Oc4ccc(Cl)cc4)[C@@H]3C2)c1C. The molecule has 2 heterocycles. The van der Waals surface area contributed by atoms with Crippen molar-refractivity contribution in [3.8, 4) is 5.75 Å². The normalized spacial score (nSPS) is 24.7. The zero-order chi connectivity index (χ0) is 18.3. The van der Waals surface area contributed by atoms with Gasteiger partial charge in [0.1, 0.15) is 11.9 Å². The van der Waals surface area contributed by atoms with Crippen LogP contribution in [0.5, 0.6) is 5.75 Å². The number of aromatic nitrogens is 2. The van der Waals surface area contributed by atoms with Gasteiger partial charge in [0.15, 0.2) is 5.69 Å². The van der Waals surface area contributed by atoms with E-state index in [0.717, 1.165) is 49.4 Å². The number of ether oxygens (including phenoxy) is 1. The van der Waals surface area contributed by atoms with Crippen molar-refractivity contribution in [2.24, 2.45) is 11.8 Å². The average Bonchev–Trinajstić information content (AvgIpc) is 3.32. The molecule has 5 nitrogen and oxygen atoms in total. The summed E-state index contributed by atoms with van der Waals surface area (Å²) >= 11 is 5.95. The number of likely N-dealkylation sites (tertiary alicyclic amines) is 1. The molecule has 2 fully saturated rings. The maximum atomic E-state index is 12.9. The highest BCUT2D eigenvalue weighted by Crippen LogP contribution is 2.40. The molecule has 1 amide bonds. The molecule has 1 saturated carbocycles. The molecule has 1 aliphatic heterocycles. The van der Waals surface area contributed by atoms with Gasteiger partial charge in [-0.3, -0.25) is 9.89 Å². The summed E-state index contributed by atoms with van der Waals surface area (Å²) in [7, 11) is 0. The molecule has 1 N–H and O–H groups in total. The molecule has 26 heavy (non-hydrogen) atoms. The Morgan fingerprint density at radius 2 is 2.08 bits per heavy atom. The topological polar surface area (TPSA) is 58.2 Å². The van der Waals surface area contributed by atoms with Crippen LogP contribution in [0.25, 0.3) is 0 Å². The summed E-state index contributed by atoms with van der Waals surface area (Å²) in [5, 5.41) is 7.96. The van der Waals surface area contributed by atoms with Gasteiger partial charge in [-0.15, -0.1) is 0 Å². The number of nitrogens with one attached hydrogen (secondary N) is 1. The third-order valence-corrected chi connectivity index (χ3v) is 6.10. The van der Waals surface area contributed by atoms with Crippen molar-refractivity contribution in [1.82, 2.24) is 15.1 Å². The second-order valence-corrected chi connectivity index (χ2v) is 7.79. The number of fused-ring (bicyclic) bond motifs is 1. The predicted octanol–water partition coefficient (Wildman–Crippen LogP) is 3.86. The van der Waals surface area contributed by atoms with Crippen molar-refractivity contribution in [3.05, 3.63) is 46.2 Å². The summed E-state index contributed by atoms with van der Waals surface area (Å²) in [6.45, 7) is 5.58. The molecule has 4 rings (SSSR count). The van der Waals surface area contributed by atoms with E-state index in [1.54, 1.807) is 0 Å². The van der Waals surface area contributed by atoms with Crippen LogP contribution in [0.2, 0.25) is 5.02 Å². The summed E-state index contributed by atoms with van der Waals surface area (Å²) in [4.78, 5) is 14.9. The Bertz CT molecular complexity index is 802. The van der Waals surface area contributed by atoms with Crippen LogP contribution in [-0.2, 0) is 6.42 Å². The summed E-state index contributed by atoms with van der Waals surface area (Å²) in [6.07, 6.45) is 3.16. The molecule has 0 spiro atoms. The second kappa shape index (κ2) is 6.95.